The smallest absolute Gasteiger partial charge is 0.334 e. The predicted octanol–water partition coefficient (Wildman–Crippen LogP) is -1.37. The summed E-state index contributed by atoms with van der Waals surface area (Å²) >= 11 is 0. The van der Waals surface area contributed by atoms with Crippen LogP contribution < -0.4 is 5.32 Å². The van der Waals surface area contributed by atoms with Gasteiger partial charge in [-0.25, -0.2) is 9.78 Å². The van der Waals surface area contributed by atoms with Gasteiger partial charge in [0.1, 0.15) is 6.33 Å². The molecule has 1 rings (SSSR count). The number of ether oxygens (including phenoxy) is 1. The van der Waals surface area contributed by atoms with Gasteiger partial charge >= 0.3 is 5.97 Å². The SMILES string of the molecule is COC(CNC(=O)c1ncn[nH]1)C(=O)O. The fraction of sp³-hybridized carbons (Fsp3) is 0.429. The molecule has 1 aromatic rings. The van der Waals surface area contributed by atoms with Crippen molar-refractivity contribution in [1.82, 2.24) is 20.5 Å². The molecule has 0 saturated heterocycles. The Morgan fingerprint density at radius 2 is 2.47 bits per heavy atom. The van der Waals surface area contributed by atoms with Gasteiger partial charge in [0.25, 0.3) is 5.91 Å². The molecule has 0 radical (unpaired) electrons. The van der Waals surface area contributed by atoms with Crippen molar-refractivity contribution >= 4 is 11.9 Å². The van der Waals surface area contributed by atoms with Crippen LogP contribution in [0, 0.1) is 0 Å². The number of methoxy groups -OCH3 is 1. The summed E-state index contributed by atoms with van der Waals surface area (Å²) in [5.74, 6) is -1.65. The van der Waals surface area contributed by atoms with E-state index < -0.39 is 18.0 Å². The van der Waals surface area contributed by atoms with E-state index in [2.05, 4.69) is 25.2 Å². The lowest BCUT2D eigenvalue weighted by atomic mass is 10.3. The number of carbonyl (C=O) groups excluding carboxylic acids is 1. The van der Waals surface area contributed by atoms with Gasteiger partial charge in [-0.15, -0.1) is 0 Å². The van der Waals surface area contributed by atoms with Gasteiger partial charge in [0, 0.05) is 7.11 Å². The third kappa shape index (κ3) is 3.02. The molecular weight excluding hydrogens is 204 g/mol. The molecule has 0 bridgehead atoms. The summed E-state index contributed by atoms with van der Waals surface area (Å²) in [7, 11) is 1.25. The minimum absolute atomic E-state index is 0.0234. The average Bonchev–Trinajstić information content (AvgIpc) is 2.70. The number of carbonyl (C=O) groups is 2. The Kier molecular flexibility index (Phi) is 3.75. The van der Waals surface area contributed by atoms with Gasteiger partial charge in [0.05, 0.1) is 6.54 Å². The van der Waals surface area contributed by atoms with E-state index in [4.69, 9.17) is 5.11 Å². The summed E-state index contributed by atoms with van der Waals surface area (Å²) in [6.07, 6.45) is 0.108. The number of carboxylic acids is 1. The maximum absolute atomic E-state index is 11.3. The first-order valence-electron chi connectivity index (χ1n) is 4.04. The second-order valence-corrected chi connectivity index (χ2v) is 2.61. The van der Waals surface area contributed by atoms with Gasteiger partial charge < -0.3 is 15.2 Å². The molecule has 82 valence electrons. The molecule has 0 fully saturated rings. The molecule has 8 heteroatoms. The second-order valence-electron chi connectivity index (χ2n) is 2.61. The first-order valence-corrected chi connectivity index (χ1v) is 4.04. The van der Waals surface area contributed by atoms with Crippen LogP contribution >= 0.6 is 0 Å². The first kappa shape index (κ1) is 11.1. The zero-order valence-electron chi connectivity index (χ0n) is 7.93. The van der Waals surface area contributed by atoms with Gasteiger partial charge in [-0.2, -0.15) is 5.10 Å². The standard InChI is InChI=1S/C7H10N4O4/c1-15-4(7(13)14)2-8-6(12)5-9-3-10-11-5/h3-4H,2H2,1H3,(H,8,12)(H,13,14)(H,9,10,11). The number of H-pyrrole nitrogens is 1. The monoisotopic (exact) mass is 214 g/mol. The highest BCUT2D eigenvalue weighted by Crippen LogP contribution is 1.90. The van der Waals surface area contributed by atoms with Crippen LogP contribution in [0.1, 0.15) is 10.6 Å². The van der Waals surface area contributed by atoms with E-state index in [1.54, 1.807) is 0 Å². The van der Waals surface area contributed by atoms with E-state index in [0.29, 0.717) is 0 Å². The fourth-order valence-corrected chi connectivity index (χ4v) is 0.855. The highest BCUT2D eigenvalue weighted by atomic mass is 16.5. The second kappa shape index (κ2) is 5.05. The van der Waals surface area contributed by atoms with Gasteiger partial charge in [-0.3, -0.25) is 9.89 Å². The minimum atomic E-state index is -1.14. The minimum Gasteiger partial charge on any atom is -0.479 e. The Morgan fingerprint density at radius 3 is 2.93 bits per heavy atom. The van der Waals surface area contributed by atoms with Crippen molar-refractivity contribution in [3.05, 3.63) is 12.2 Å². The van der Waals surface area contributed by atoms with Gasteiger partial charge in [0.15, 0.2) is 6.10 Å². The molecule has 15 heavy (non-hydrogen) atoms. The first-order chi connectivity index (χ1) is 7.15. The summed E-state index contributed by atoms with van der Waals surface area (Å²) in [5.41, 5.74) is 0. The molecule has 1 aromatic heterocycles. The van der Waals surface area contributed by atoms with Gasteiger partial charge in [0.2, 0.25) is 5.82 Å². The third-order valence-corrected chi connectivity index (χ3v) is 1.64. The lowest BCUT2D eigenvalue weighted by Crippen LogP contribution is -2.38. The van der Waals surface area contributed by atoms with E-state index in [1.807, 2.05) is 0 Å². The summed E-state index contributed by atoms with van der Waals surface area (Å²) in [6.45, 7) is -0.134. The Morgan fingerprint density at radius 1 is 1.73 bits per heavy atom. The van der Waals surface area contributed by atoms with E-state index in [0.717, 1.165) is 0 Å². The molecule has 1 amide bonds. The number of aromatic amines is 1. The summed E-state index contributed by atoms with van der Waals surface area (Å²) in [6, 6.07) is 0. The highest BCUT2D eigenvalue weighted by Gasteiger charge is 2.18. The number of rotatable bonds is 5. The summed E-state index contributed by atoms with van der Waals surface area (Å²) < 4.78 is 4.62. The zero-order valence-corrected chi connectivity index (χ0v) is 7.93. The summed E-state index contributed by atoms with van der Waals surface area (Å²) in [5, 5.41) is 16.8. The van der Waals surface area contributed by atoms with Crippen molar-refractivity contribution in [1.29, 1.82) is 0 Å². The van der Waals surface area contributed by atoms with Crippen molar-refractivity contribution < 1.29 is 19.4 Å². The maximum Gasteiger partial charge on any atom is 0.334 e. The van der Waals surface area contributed by atoms with Crippen LogP contribution in [0.5, 0.6) is 0 Å². The molecular formula is C7H10N4O4. The molecule has 1 unspecified atom stereocenters. The number of aliphatic carboxylic acids is 1. The number of hydrogen-bond acceptors (Lipinski definition) is 5. The van der Waals surface area contributed by atoms with Crippen LogP contribution in [0.15, 0.2) is 6.33 Å². The normalized spacial score (nSPS) is 12.1. The molecule has 0 aliphatic heterocycles. The van der Waals surface area contributed by atoms with Gasteiger partial charge in [-0.1, -0.05) is 0 Å². The lowest BCUT2D eigenvalue weighted by Gasteiger charge is -2.10. The van der Waals surface area contributed by atoms with Crippen molar-refractivity contribution in [3.8, 4) is 0 Å². The molecule has 3 N–H and O–H groups in total. The molecule has 0 aliphatic carbocycles. The number of nitrogens with one attached hydrogen (secondary N) is 2. The summed E-state index contributed by atoms with van der Waals surface area (Å²) in [4.78, 5) is 25.4. The molecule has 1 heterocycles. The maximum atomic E-state index is 11.3. The van der Waals surface area contributed by atoms with Crippen LogP contribution in [0.4, 0.5) is 0 Å². The predicted molar refractivity (Wildman–Crippen MR) is 47.1 cm³/mol. The van der Waals surface area contributed by atoms with Crippen LogP contribution in [-0.2, 0) is 9.53 Å². The van der Waals surface area contributed by atoms with Crippen LogP contribution in [0.3, 0.4) is 0 Å². The van der Waals surface area contributed by atoms with Crippen molar-refractivity contribution in [2.75, 3.05) is 13.7 Å². The molecule has 8 nitrogen and oxygen atoms in total. The number of amides is 1. The van der Waals surface area contributed by atoms with Crippen LogP contribution in [0.25, 0.3) is 0 Å². The van der Waals surface area contributed by atoms with Crippen LogP contribution in [-0.4, -0.2) is 51.9 Å². The van der Waals surface area contributed by atoms with Crippen molar-refractivity contribution in [3.63, 3.8) is 0 Å². The molecule has 1 atom stereocenters. The van der Waals surface area contributed by atoms with E-state index >= 15 is 0 Å². The Labute approximate surface area is 84.7 Å². The van der Waals surface area contributed by atoms with Gasteiger partial charge in [-0.05, 0) is 0 Å². The Bertz CT molecular complexity index is 337. The quantitative estimate of drug-likeness (QED) is 0.557. The van der Waals surface area contributed by atoms with E-state index in [-0.39, 0.29) is 12.4 Å². The van der Waals surface area contributed by atoms with E-state index in [9.17, 15) is 9.59 Å². The number of carboxylic acid groups (broad SMARTS) is 1. The molecule has 0 spiro atoms. The molecule has 0 aliphatic rings. The highest BCUT2D eigenvalue weighted by molar-refractivity contribution is 5.90. The third-order valence-electron chi connectivity index (χ3n) is 1.64. The largest absolute Gasteiger partial charge is 0.479 e. The zero-order chi connectivity index (χ0) is 11.3. The number of nitrogens with zero attached hydrogens (tertiary/aromatic N) is 2. The Hall–Kier alpha value is -1.96. The Balaban J connectivity index is 2.43. The topological polar surface area (TPSA) is 117 Å². The van der Waals surface area contributed by atoms with E-state index in [1.165, 1.54) is 13.4 Å². The molecule has 0 saturated carbocycles. The lowest BCUT2D eigenvalue weighted by molar-refractivity contribution is -0.148. The average molecular weight is 214 g/mol. The number of hydrogen-bond donors (Lipinski definition) is 3. The fourth-order valence-electron chi connectivity index (χ4n) is 0.855. The van der Waals surface area contributed by atoms with Crippen molar-refractivity contribution in [2.45, 2.75) is 6.10 Å². The van der Waals surface area contributed by atoms with Crippen LogP contribution in [0.2, 0.25) is 0 Å². The number of aromatic nitrogens is 3. The van der Waals surface area contributed by atoms with Crippen molar-refractivity contribution in [2.24, 2.45) is 0 Å². The molecule has 0 aromatic carbocycles.